The first kappa shape index (κ1) is 20.6. The summed E-state index contributed by atoms with van der Waals surface area (Å²) in [5.74, 6) is 0.626. The Kier molecular flexibility index (Phi) is 8.45. The highest BCUT2D eigenvalue weighted by atomic mass is 35.5. The molecule has 0 saturated carbocycles. The van der Waals surface area contributed by atoms with Crippen LogP contribution < -0.4 is 14.8 Å². The predicted molar refractivity (Wildman–Crippen MR) is 102 cm³/mol. The molecular formula is C20H22ClNO5. The minimum Gasteiger partial charge on any atom is -0.497 e. The molecule has 0 aliphatic carbocycles. The van der Waals surface area contributed by atoms with Crippen LogP contribution in [0.3, 0.4) is 0 Å². The normalized spacial score (nSPS) is 10.1. The molecule has 1 amide bonds. The molecule has 0 atom stereocenters. The fourth-order valence-corrected chi connectivity index (χ4v) is 2.39. The highest BCUT2D eigenvalue weighted by Gasteiger charge is 2.08. The van der Waals surface area contributed by atoms with Crippen LogP contribution in [0.5, 0.6) is 11.5 Å². The lowest BCUT2D eigenvalue weighted by Gasteiger charge is -2.08. The van der Waals surface area contributed by atoms with Gasteiger partial charge in [0.2, 0.25) is 0 Å². The van der Waals surface area contributed by atoms with Crippen LogP contribution in [0.15, 0.2) is 48.5 Å². The van der Waals surface area contributed by atoms with E-state index >= 15 is 0 Å². The molecule has 0 unspecified atom stereocenters. The largest absolute Gasteiger partial charge is 0.497 e. The highest BCUT2D eigenvalue weighted by molar-refractivity contribution is 6.31. The number of nitrogens with one attached hydrogen (secondary N) is 1. The van der Waals surface area contributed by atoms with Gasteiger partial charge in [-0.3, -0.25) is 9.59 Å². The van der Waals surface area contributed by atoms with Crippen LogP contribution in [0.25, 0.3) is 0 Å². The Morgan fingerprint density at radius 2 is 1.74 bits per heavy atom. The second-order valence-corrected chi connectivity index (χ2v) is 6.06. The fraction of sp³-hybridized carbons (Fsp3) is 0.300. The number of halogens is 1. The summed E-state index contributed by atoms with van der Waals surface area (Å²) >= 11 is 6.01. The number of rotatable bonds is 10. The van der Waals surface area contributed by atoms with Crippen molar-refractivity contribution in [3.63, 3.8) is 0 Å². The number of hydrogen-bond donors (Lipinski definition) is 1. The summed E-state index contributed by atoms with van der Waals surface area (Å²) in [6, 6.07) is 14.4. The zero-order valence-electron chi connectivity index (χ0n) is 15.1. The molecule has 0 aromatic heterocycles. The van der Waals surface area contributed by atoms with Crippen LogP contribution >= 0.6 is 11.6 Å². The lowest BCUT2D eigenvalue weighted by molar-refractivity contribution is -0.148. The number of carbonyl (C=O) groups excluding carboxylic acids is 2. The van der Waals surface area contributed by atoms with Gasteiger partial charge in [-0.2, -0.15) is 0 Å². The average Bonchev–Trinajstić information content (AvgIpc) is 2.69. The van der Waals surface area contributed by atoms with Gasteiger partial charge in [-0.05, 0) is 42.3 Å². The molecule has 2 rings (SSSR count). The van der Waals surface area contributed by atoms with E-state index in [4.69, 9.17) is 25.8 Å². The maximum absolute atomic E-state index is 11.7. The van der Waals surface area contributed by atoms with Crippen molar-refractivity contribution in [3.05, 3.63) is 59.1 Å². The van der Waals surface area contributed by atoms with Crippen molar-refractivity contribution in [3.8, 4) is 11.5 Å². The monoisotopic (exact) mass is 391 g/mol. The topological polar surface area (TPSA) is 73.9 Å². The van der Waals surface area contributed by atoms with E-state index in [-0.39, 0.29) is 25.5 Å². The Hall–Kier alpha value is -2.73. The number of ether oxygens (including phenoxy) is 3. The van der Waals surface area contributed by atoms with Gasteiger partial charge in [0, 0.05) is 18.0 Å². The molecule has 0 spiro atoms. The summed E-state index contributed by atoms with van der Waals surface area (Å²) < 4.78 is 15.5. The van der Waals surface area contributed by atoms with Crippen molar-refractivity contribution >= 4 is 23.5 Å². The van der Waals surface area contributed by atoms with E-state index in [1.807, 2.05) is 18.2 Å². The summed E-state index contributed by atoms with van der Waals surface area (Å²) in [4.78, 5) is 23.4. The SMILES string of the molecule is COc1ccc(OCCCC(=O)OCC(=O)NCc2ccccc2Cl)cc1. The van der Waals surface area contributed by atoms with Crippen LogP contribution in [0.4, 0.5) is 0 Å². The van der Waals surface area contributed by atoms with Crippen molar-refractivity contribution in [2.75, 3.05) is 20.3 Å². The Morgan fingerprint density at radius 3 is 2.44 bits per heavy atom. The lowest BCUT2D eigenvalue weighted by atomic mass is 10.2. The first-order chi connectivity index (χ1) is 13.1. The third-order valence-electron chi connectivity index (χ3n) is 3.65. The molecule has 0 aliphatic heterocycles. The second kappa shape index (κ2) is 11.1. The number of carbonyl (C=O) groups is 2. The number of esters is 1. The standard InChI is InChI=1S/C20H22ClNO5/c1-25-16-8-10-17(11-9-16)26-12-4-7-20(24)27-14-19(23)22-13-15-5-2-3-6-18(15)21/h2-3,5-6,8-11H,4,7,12-14H2,1H3,(H,22,23). The Morgan fingerprint density at radius 1 is 1.04 bits per heavy atom. The van der Waals surface area contributed by atoms with Gasteiger partial charge in [0.1, 0.15) is 11.5 Å². The minimum atomic E-state index is -0.443. The molecule has 0 bridgehead atoms. The maximum atomic E-state index is 11.7. The minimum absolute atomic E-state index is 0.175. The van der Waals surface area contributed by atoms with Gasteiger partial charge in [0.05, 0.1) is 13.7 Å². The van der Waals surface area contributed by atoms with E-state index in [1.54, 1.807) is 37.4 Å². The number of amides is 1. The molecule has 0 saturated heterocycles. The van der Waals surface area contributed by atoms with Crippen LogP contribution in [-0.4, -0.2) is 32.2 Å². The maximum Gasteiger partial charge on any atom is 0.306 e. The summed E-state index contributed by atoms with van der Waals surface area (Å²) in [7, 11) is 1.60. The number of methoxy groups -OCH3 is 1. The van der Waals surface area contributed by atoms with E-state index in [0.29, 0.717) is 23.8 Å². The van der Waals surface area contributed by atoms with Gasteiger partial charge in [-0.15, -0.1) is 0 Å². The molecule has 0 fully saturated rings. The highest BCUT2D eigenvalue weighted by Crippen LogP contribution is 2.17. The number of hydrogen-bond acceptors (Lipinski definition) is 5. The quantitative estimate of drug-likeness (QED) is 0.496. The van der Waals surface area contributed by atoms with Crippen molar-refractivity contribution in [2.24, 2.45) is 0 Å². The summed E-state index contributed by atoms with van der Waals surface area (Å²) in [6.07, 6.45) is 0.667. The van der Waals surface area contributed by atoms with Crippen molar-refractivity contribution in [2.45, 2.75) is 19.4 Å². The fourth-order valence-electron chi connectivity index (χ4n) is 2.18. The van der Waals surface area contributed by atoms with Crippen LogP contribution in [0.1, 0.15) is 18.4 Å². The summed E-state index contributed by atoms with van der Waals surface area (Å²) in [6.45, 7) is 0.342. The molecule has 0 aliphatic rings. The molecule has 1 N–H and O–H groups in total. The molecule has 6 nitrogen and oxygen atoms in total. The molecule has 0 radical (unpaired) electrons. The lowest BCUT2D eigenvalue weighted by Crippen LogP contribution is -2.28. The first-order valence-corrected chi connectivity index (χ1v) is 8.89. The van der Waals surface area contributed by atoms with Crippen LogP contribution in [0.2, 0.25) is 5.02 Å². The van der Waals surface area contributed by atoms with Gasteiger partial charge in [-0.25, -0.2) is 0 Å². The molecule has 27 heavy (non-hydrogen) atoms. The van der Waals surface area contributed by atoms with E-state index in [0.717, 1.165) is 11.3 Å². The smallest absolute Gasteiger partial charge is 0.306 e. The van der Waals surface area contributed by atoms with E-state index in [2.05, 4.69) is 5.32 Å². The predicted octanol–water partition coefficient (Wildman–Crippen LogP) is 3.37. The van der Waals surface area contributed by atoms with Gasteiger partial charge in [0.25, 0.3) is 5.91 Å². The molecule has 2 aromatic rings. The zero-order valence-corrected chi connectivity index (χ0v) is 15.8. The van der Waals surface area contributed by atoms with Gasteiger partial charge in [0.15, 0.2) is 6.61 Å². The average molecular weight is 392 g/mol. The summed E-state index contributed by atoms with van der Waals surface area (Å²) in [5.41, 5.74) is 0.800. The molecular weight excluding hydrogens is 370 g/mol. The van der Waals surface area contributed by atoms with E-state index in [1.165, 1.54) is 0 Å². The molecule has 0 heterocycles. The van der Waals surface area contributed by atoms with Gasteiger partial charge >= 0.3 is 5.97 Å². The zero-order chi connectivity index (χ0) is 19.5. The Labute approximate surface area is 163 Å². The molecule has 144 valence electrons. The molecule has 2 aromatic carbocycles. The molecule has 7 heteroatoms. The second-order valence-electron chi connectivity index (χ2n) is 5.66. The first-order valence-electron chi connectivity index (χ1n) is 8.51. The van der Waals surface area contributed by atoms with E-state index < -0.39 is 5.97 Å². The van der Waals surface area contributed by atoms with Crippen LogP contribution in [0, 0.1) is 0 Å². The van der Waals surface area contributed by atoms with Crippen LogP contribution in [-0.2, 0) is 20.9 Å². The third-order valence-corrected chi connectivity index (χ3v) is 4.02. The third kappa shape index (κ3) is 7.58. The van der Waals surface area contributed by atoms with Crippen molar-refractivity contribution in [1.82, 2.24) is 5.32 Å². The summed E-state index contributed by atoms with van der Waals surface area (Å²) in [5, 5.41) is 3.23. The van der Waals surface area contributed by atoms with Gasteiger partial charge < -0.3 is 19.5 Å². The Balaban J connectivity index is 1.57. The Bertz CT molecular complexity index is 748. The van der Waals surface area contributed by atoms with E-state index in [9.17, 15) is 9.59 Å². The number of benzene rings is 2. The van der Waals surface area contributed by atoms with Gasteiger partial charge in [-0.1, -0.05) is 29.8 Å². The van der Waals surface area contributed by atoms with Crippen molar-refractivity contribution < 1.29 is 23.8 Å². The van der Waals surface area contributed by atoms with Crippen molar-refractivity contribution in [1.29, 1.82) is 0 Å².